The van der Waals surface area contributed by atoms with E-state index in [0.29, 0.717) is 0 Å². The van der Waals surface area contributed by atoms with Gasteiger partial charge in [0.1, 0.15) is 23.2 Å². The molecule has 15 heavy (non-hydrogen) atoms. The molecule has 0 aliphatic carbocycles. The summed E-state index contributed by atoms with van der Waals surface area (Å²) in [6.45, 7) is 0.833. The highest BCUT2D eigenvalue weighted by Crippen LogP contribution is 2.33. The van der Waals surface area contributed by atoms with Gasteiger partial charge < -0.3 is 14.4 Å². The standard InChI is InChI=1S/C11H12N2O2/c1-15-9-4-2-3-7-10(9)12-11-8(14)5-6-13(7)11/h2-4,8,14H,5-6H2,1H3. The molecular weight excluding hydrogens is 192 g/mol. The van der Waals surface area contributed by atoms with E-state index in [1.807, 2.05) is 18.2 Å². The number of para-hydroxylation sites is 1. The van der Waals surface area contributed by atoms with E-state index in [1.165, 1.54) is 0 Å². The van der Waals surface area contributed by atoms with E-state index >= 15 is 0 Å². The van der Waals surface area contributed by atoms with Crippen molar-refractivity contribution >= 4 is 11.0 Å². The molecule has 1 aliphatic heterocycles. The summed E-state index contributed by atoms with van der Waals surface area (Å²) in [6, 6.07) is 5.84. The van der Waals surface area contributed by atoms with E-state index in [1.54, 1.807) is 7.11 Å². The van der Waals surface area contributed by atoms with Crippen LogP contribution >= 0.6 is 0 Å². The van der Waals surface area contributed by atoms with Crippen molar-refractivity contribution in [2.24, 2.45) is 0 Å². The third kappa shape index (κ3) is 1.08. The average molecular weight is 204 g/mol. The fraction of sp³-hybridized carbons (Fsp3) is 0.364. The molecule has 0 fully saturated rings. The first-order valence-electron chi connectivity index (χ1n) is 5.02. The lowest BCUT2D eigenvalue weighted by Crippen LogP contribution is -1.93. The molecule has 0 spiro atoms. The van der Waals surface area contributed by atoms with Gasteiger partial charge in [-0.05, 0) is 18.6 Å². The molecule has 2 aromatic rings. The Labute approximate surface area is 87.1 Å². The van der Waals surface area contributed by atoms with Crippen LogP contribution in [0.4, 0.5) is 0 Å². The van der Waals surface area contributed by atoms with E-state index < -0.39 is 6.10 Å². The SMILES string of the molecule is COc1cccc2c1nc1n2CCC1O. The number of hydrogen-bond acceptors (Lipinski definition) is 3. The number of imidazole rings is 1. The van der Waals surface area contributed by atoms with Crippen molar-refractivity contribution in [2.45, 2.75) is 19.1 Å². The Balaban J connectivity index is 2.33. The van der Waals surface area contributed by atoms with Gasteiger partial charge in [-0.15, -0.1) is 0 Å². The zero-order valence-electron chi connectivity index (χ0n) is 8.47. The summed E-state index contributed by atoms with van der Waals surface area (Å²) in [5.41, 5.74) is 1.88. The highest BCUT2D eigenvalue weighted by Gasteiger charge is 2.25. The molecule has 0 saturated heterocycles. The molecule has 4 heteroatoms. The first-order chi connectivity index (χ1) is 7.31. The smallest absolute Gasteiger partial charge is 0.146 e. The number of ether oxygens (including phenoxy) is 1. The van der Waals surface area contributed by atoms with Gasteiger partial charge in [0, 0.05) is 6.54 Å². The molecule has 1 atom stereocenters. The summed E-state index contributed by atoms with van der Waals surface area (Å²) in [7, 11) is 1.63. The minimum atomic E-state index is -0.429. The zero-order valence-corrected chi connectivity index (χ0v) is 8.47. The number of methoxy groups -OCH3 is 1. The molecule has 0 amide bonds. The Bertz CT molecular complexity index is 519. The third-order valence-electron chi connectivity index (χ3n) is 2.92. The van der Waals surface area contributed by atoms with Crippen molar-refractivity contribution < 1.29 is 9.84 Å². The molecule has 1 aromatic carbocycles. The molecule has 1 N–H and O–H groups in total. The number of aryl methyl sites for hydroxylation is 1. The van der Waals surface area contributed by atoms with E-state index in [-0.39, 0.29) is 0 Å². The number of aliphatic hydroxyl groups excluding tert-OH is 1. The average Bonchev–Trinajstić information content (AvgIpc) is 2.79. The van der Waals surface area contributed by atoms with E-state index in [2.05, 4.69) is 9.55 Å². The molecule has 2 heterocycles. The van der Waals surface area contributed by atoms with Crippen molar-refractivity contribution in [1.82, 2.24) is 9.55 Å². The number of nitrogens with zero attached hydrogens (tertiary/aromatic N) is 2. The van der Waals surface area contributed by atoms with E-state index in [9.17, 15) is 5.11 Å². The summed E-state index contributed by atoms with van der Waals surface area (Å²) in [6.07, 6.45) is 0.331. The van der Waals surface area contributed by atoms with Gasteiger partial charge in [0.2, 0.25) is 0 Å². The summed E-state index contributed by atoms with van der Waals surface area (Å²) < 4.78 is 7.30. The van der Waals surface area contributed by atoms with Crippen LogP contribution < -0.4 is 4.74 Å². The summed E-state index contributed by atoms with van der Waals surface area (Å²) in [5, 5.41) is 9.72. The minimum absolute atomic E-state index is 0.429. The summed E-state index contributed by atoms with van der Waals surface area (Å²) in [5.74, 6) is 1.52. The van der Waals surface area contributed by atoms with Gasteiger partial charge in [-0.1, -0.05) is 6.07 Å². The van der Waals surface area contributed by atoms with Crippen LogP contribution in [0.1, 0.15) is 18.3 Å². The second kappa shape index (κ2) is 2.97. The van der Waals surface area contributed by atoms with Crippen LogP contribution in [-0.2, 0) is 6.54 Å². The minimum Gasteiger partial charge on any atom is -0.494 e. The van der Waals surface area contributed by atoms with Crippen molar-refractivity contribution in [3.05, 3.63) is 24.0 Å². The molecule has 78 valence electrons. The molecular formula is C11H12N2O2. The molecule has 4 nitrogen and oxygen atoms in total. The molecule has 0 radical (unpaired) electrons. The van der Waals surface area contributed by atoms with Crippen LogP contribution in [0.25, 0.3) is 11.0 Å². The highest BCUT2D eigenvalue weighted by molar-refractivity contribution is 5.82. The van der Waals surface area contributed by atoms with Crippen LogP contribution in [0, 0.1) is 0 Å². The van der Waals surface area contributed by atoms with Gasteiger partial charge in [0.05, 0.1) is 12.6 Å². The number of aliphatic hydroxyl groups is 1. The van der Waals surface area contributed by atoms with Crippen LogP contribution in [0.15, 0.2) is 18.2 Å². The van der Waals surface area contributed by atoms with Crippen LogP contribution in [0.5, 0.6) is 5.75 Å². The van der Waals surface area contributed by atoms with Crippen molar-refractivity contribution in [3.8, 4) is 5.75 Å². The van der Waals surface area contributed by atoms with Gasteiger partial charge in [-0.25, -0.2) is 4.98 Å². The van der Waals surface area contributed by atoms with Crippen LogP contribution in [0.3, 0.4) is 0 Å². The number of fused-ring (bicyclic) bond motifs is 3. The maximum atomic E-state index is 9.72. The maximum Gasteiger partial charge on any atom is 0.146 e. The molecule has 1 aromatic heterocycles. The molecule has 3 rings (SSSR count). The first-order valence-corrected chi connectivity index (χ1v) is 5.02. The van der Waals surface area contributed by atoms with Gasteiger partial charge in [-0.3, -0.25) is 0 Å². The van der Waals surface area contributed by atoms with E-state index in [0.717, 1.165) is 35.6 Å². The van der Waals surface area contributed by atoms with Crippen LogP contribution in [0.2, 0.25) is 0 Å². The predicted octanol–water partition coefficient (Wildman–Crippen LogP) is 1.48. The lowest BCUT2D eigenvalue weighted by atomic mass is 10.2. The van der Waals surface area contributed by atoms with Gasteiger partial charge in [-0.2, -0.15) is 0 Å². The molecule has 0 bridgehead atoms. The van der Waals surface area contributed by atoms with Gasteiger partial charge in [0.25, 0.3) is 0 Å². The van der Waals surface area contributed by atoms with Gasteiger partial charge >= 0.3 is 0 Å². The lowest BCUT2D eigenvalue weighted by Gasteiger charge is -2.01. The Kier molecular flexibility index (Phi) is 1.73. The van der Waals surface area contributed by atoms with Gasteiger partial charge in [0.15, 0.2) is 0 Å². The second-order valence-corrected chi connectivity index (χ2v) is 3.75. The second-order valence-electron chi connectivity index (χ2n) is 3.75. The monoisotopic (exact) mass is 204 g/mol. The fourth-order valence-corrected chi connectivity index (χ4v) is 2.17. The summed E-state index contributed by atoms with van der Waals surface area (Å²) in [4.78, 5) is 4.43. The first kappa shape index (κ1) is 8.73. The largest absolute Gasteiger partial charge is 0.494 e. The number of aromatic nitrogens is 2. The Hall–Kier alpha value is -1.55. The topological polar surface area (TPSA) is 47.3 Å². The Morgan fingerprint density at radius 2 is 2.40 bits per heavy atom. The predicted molar refractivity (Wildman–Crippen MR) is 55.9 cm³/mol. The number of hydrogen-bond donors (Lipinski definition) is 1. The van der Waals surface area contributed by atoms with E-state index in [4.69, 9.17) is 4.74 Å². The molecule has 1 unspecified atom stereocenters. The molecule has 1 aliphatic rings. The quantitative estimate of drug-likeness (QED) is 0.765. The lowest BCUT2D eigenvalue weighted by molar-refractivity contribution is 0.176. The Morgan fingerprint density at radius 3 is 3.20 bits per heavy atom. The van der Waals surface area contributed by atoms with Crippen molar-refractivity contribution in [2.75, 3.05) is 7.11 Å². The van der Waals surface area contributed by atoms with Crippen LogP contribution in [-0.4, -0.2) is 21.8 Å². The normalized spacial score (nSPS) is 19.5. The Morgan fingerprint density at radius 1 is 1.53 bits per heavy atom. The number of rotatable bonds is 1. The maximum absolute atomic E-state index is 9.72. The zero-order chi connectivity index (χ0) is 10.4. The number of benzene rings is 1. The third-order valence-corrected chi connectivity index (χ3v) is 2.92. The molecule has 0 saturated carbocycles. The highest BCUT2D eigenvalue weighted by atomic mass is 16.5. The fourth-order valence-electron chi connectivity index (χ4n) is 2.17. The van der Waals surface area contributed by atoms with Crippen molar-refractivity contribution in [1.29, 1.82) is 0 Å². The van der Waals surface area contributed by atoms with Crippen molar-refractivity contribution in [3.63, 3.8) is 0 Å². The summed E-state index contributed by atoms with van der Waals surface area (Å²) >= 11 is 0.